The molecule has 2 aromatic heterocycles. The van der Waals surface area contributed by atoms with Crippen molar-refractivity contribution >= 4 is 22.8 Å². The summed E-state index contributed by atoms with van der Waals surface area (Å²) in [6, 6.07) is 15.7. The Bertz CT molecular complexity index is 1260. The first kappa shape index (κ1) is 21.9. The molecule has 2 aromatic carbocycles. The molecule has 5 rings (SSSR count). The number of ether oxygens (including phenoxy) is 2. The van der Waals surface area contributed by atoms with Gasteiger partial charge in [0.15, 0.2) is 5.82 Å². The lowest BCUT2D eigenvalue weighted by molar-refractivity contribution is 0.0526. The van der Waals surface area contributed by atoms with Crippen molar-refractivity contribution in [2.24, 2.45) is 0 Å². The van der Waals surface area contributed by atoms with Crippen LogP contribution in [0.4, 0.5) is 5.82 Å². The van der Waals surface area contributed by atoms with Crippen LogP contribution in [0.5, 0.6) is 5.75 Å². The van der Waals surface area contributed by atoms with Crippen LogP contribution < -0.4 is 9.64 Å². The second-order valence-electron chi connectivity index (χ2n) is 8.28. The van der Waals surface area contributed by atoms with Gasteiger partial charge in [0, 0.05) is 30.8 Å². The molecular formula is C26H27N5O3. The highest BCUT2D eigenvalue weighted by molar-refractivity contribution is 5.95. The summed E-state index contributed by atoms with van der Waals surface area (Å²) in [6.45, 7) is 3.61. The highest BCUT2D eigenvalue weighted by Gasteiger charge is 2.28. The monoisotopic (exact) mass is 457 g/mol. The number of para-hydroxylation sites is 2. The van der Waals surface area contributed by atoms with Crippen molar-refractivity contribution in [1.82, 2.24) is 19.9 Å². The molecule has 0 unspecified atom stereocenters. The van der Waals surface area contributed by atoms with Gasteiger partial charge in [-0.25, -0.2) is 19.7 Å². The Labute approximate surface area is 198 Å². The minimum absolute atomic E-state index is 0.298. The van der Waals surface area contributed by atoms with Crippen LogP contribution in [0.3, 0.4) is 0 Å². The van der Waals surface area contributed by atoms with Crippen LogP contribution in [0, 0.1) is 0 Å². The zero-order valence-corrected chi connectivity index (χ0v) is 19.3. The summed E-state index contributed by atoms with van der Waals surface area (Å²) in [7, 11) is 1.63. The SMILES string of the molecule is CCOC(=O)c1cnc(-c2ccc(OC)cc2)nc1N1CCC(c2nc3ccccc3[nH]2)CC1. The maximum Gasteiger partial charge on any atom is 0.343 e. The fraction of sp³-hybridized carbons (Fsp3) is 0.308. The zero-order chi connectivity index (χ0) is 23.5. The number of imidazole rings is 1. The van der Waals surface area contributed by atoms with Crippen LogP contribution >= 0.6 is 0 Å². The Kier molecular flexibility index (Phi) is 6.12. The van der Waals surface area contributed by atoms with Gasteiger partial charge >= 0.3 is 5.97 Å². The minimum Gasteiger partial charge on any atom is -0.497 e. The van der Waals surface area contributed by atoms with Crippen molar-refractivity contribution in [3.63, 3.8) is 0 Å². The summed E-state index contributed by atoms with van der Waals surface area (Å²) in [6.07, 6.45) is 3.39. The molecule has 0 aliphatic carbocycles. The van der Waals surface area contributed by atoms with E-state index in [0.717, 1.165) is 54.1 Å². The number of aromatic amines is 1. The third-order valence-corrected chi connectivity index (χ3v) is 6.20. The Balaban J connectivity index is 1.40. The number of methoxy groups -OCH3 is 1. The average Bonchev–Trinajstić information content (AvgIpc) is 3.33. The number of hydrogen-bond donors (Lipinski definition) is 1. The van der Waals surface area contributed by atoms with E-state index in [1.165, 1.54) is 0 Å². The number of fused-ring (bicyclic) bond motifs is 1. The lowest BCUT2D eigenvalue weighted by atomic mass is 9.96. The number of piperidine rings is 1. The highest BCUT2D eigenvalue weighted by atomic mass is 16.5. The van der Waals surface area contributed by atoms with Crippen LogP contribution in [0.2, 0.25) is 0 Å². The number of benzene rings is 2. The number of nitrogens with one attached hydrogen (secondary N) is 1. The van der Waals surface area contributed by atoms with Crippen molar-refractivity contribution < 1.29 is 14.3 Å². The Morgan fingerprint density at radius 3 is 2.56 bits per heavy atom. The summed E-state index contributed by atoms with van der Waals surface area (Å²) < 4.78 is 10.5. The number of H-pyrrole nitrogens is 1. The smallest absolute Gasteiger partial charge is 0.343 e. The predicted octanol–water partition coefficient (Wildman–Crippen LogP) is 4.59. The summed E-state index contributed by atoms with van der Waals surface area (Å²) in [5.41, 5.74) is 3.30. The van der Waals surface area contributed by atoms with Gasteiger partial charge in [0.25, 0.3) is 0 Å². The molecule has 0 spiro atoms. The van der Waals surface area contributed by atoms with Gasteiger partial charge in [-0.2, -0.15) is 0 Å². The molecule has 0 saturated carbocycles. The van der Waals surface area contributed by atoms with E-state index in [0.29, 0.717) is 29.7 Å². The number of carbonyl (C=O) groups excluding carboxylic acids is 1. The van der Waals surface area contributed by atoms with E-state index in [2.05, 4.69) is 14.9 Å². The average molecular weight is 458 g/mol. The van der Waals surface area contributed by atoms with Crippen LogP contribution in [0.15, 0.2) is 54.7 Å². The van der Waals surface area contributed by atoms with E-state index in [4.69, 9.17) is 19.4 Å². The maximum atomic E-state index is 12.7. The number of hydrogen-bond acceptors (Lipinski definition) is 7. The van der Waals surface area contributed by atoms with Gasteiger partial charge in [0.05, 0.1) is 24.8 Å². The molecule has 34 heavy (non-hydrogen) atoms. The molecule has 0 atom stereocenters. The fourth-order valence-corrected chi connectivity index (χ4v) is 4.38. The van der Waals surface area contributed by atoms with Gasteiger partial charge in [0.2, 0.25) is 0 Å². The van der Waals surface area contributed by atoms with E-state index in [-0.39, 0.29) is 0 Å². The van der Waals surface area contributed by atoms with Crippen molar-refractivity contribution in [3.8, 4) is 17.1 Å². The molecule has 0 bridgehead atoms. The lowest BCUT2D eigenvalue weighted by Gasteiger charge is -2.33. The summed E-state index contributed by atoms with van der Waals surface area (Å²) in [5, 5.41) is 0. The molecule has 4 aromatic rings. The predicted molar refractivity (Wildman–Crippen MR) is 130 cm³/mol. The van der Waals surface area contributed by atoms with Crippen molar-refractivity contribution in [1.29, 1.82) is 0 Å². The molecule has 1 saturated heterocycles. The quantitative estimate of drug-likeness (QED) is 0.423. The molecule has 1 aliphatic heterocycles. The van der Waals surface area contributed by atoms with E-state index >= 15 is 0 Å². The number of aromatic nitrogens is 4. The van der Waals surface area contributed by atoms with Gasteiger partial charge in [-0.1, -0.05) is 12.1 Å². The van der Waals surface area contributed by atoms with Gasteiger partial charge in [-0.15, -0.1) is 0 Å². The molecular weight excluding hydrogens is 430 g/mol. The third kappa shape index (κ3) is 4.31. The normalized spacial score (nSPS) is 14.4. The standard InChI is InChI=1S/C26H27N5O3/c1-3-34-26(32)20-16-27-23(17-8-10-19(33-2)11-9-17)30-25(20)31-14-12-18(13-15-31)24-28-21-6-4-5-7-22(21)29-24/h4-11,16,18H,3,12-15H2,1-2H3,(H,28,29). The number of esters is 1. The second-order valence-corrected chi connectivity index (χ2v) is 8.28. The van der Waals surface area contributed by atoms with Crippen LogP contribution in [0.25, 0.3) is 22.4 Å². The van der Waals surface area contributed by atoms with Gasteiger partial charge in [0.1, 0.15) is 23.0 Å². The molecule has 8 heteroatoms. The molecule has 1 fully saturated rings. The van der Waals surface area contributed by atoms with Gasteiger partial charge in [-0.05, 0) is 56.2 Å². The van der Waals surface area contributed by atoms with Crippen molar-refractivity contribution in [3.05, 3.63) is 66.1 Å². The van der Waals surface area contributed by atoms with Crippen LogP contribution in [-0.2, 0) is 4.74 Å². The molecule has 1 N–H and O–H groups in total. The zero-order valence-electron chi connectivity index (χ0n) is 19.3. The Morgan fingerprint density at radius 1 is 1.09 bits per heavy atom. The van der Waals surface area contributed by atoms with E-state index < -0.39 is 5.97 Å². The molecule has 0 radical (unpaired) electrons. The summed E-state index contributed by atoms with van der Waals surface area (Å²) in [4.78, 5) is 32.3. The van der Waals surface area contributed by atoms with Crippen LogP contribution in [-0.4, -0.2) is 52.7 Å². The molecule has 8 nitrogen and oxygen atoms in total. The Morgan fingerprint density at radius 2 is 1.85 bits per heavy atom. The molecule has 0 amide bonds. The summed E-state index contributed by atoms with van der Waals surface area (Å²) in [5.74, 6) is 2.89. The largest absolute Gasteiger partial charge is 0.497 e. The lowest BCUT2D eigenvalue weighted by Crippen LogP contribution is -2.35. The first-order valence-electron chi connectivity index (χ1n) is 11.5. The molecule has 3 heterocycles. The molecule has 174 valence electrons. The maximum absolute atomic E-state index is 12.7. The van der Waals surface area contributed by atoms with Crippen molar-refractivity contribution in [2.75, 3.05) is 31.7 Å². The van der Waals surface area contributed by atoms with E-state index in [1.54, 1.807) is 20.2 Å². The van der Waals surface area contributed by atoms with E-state index in [9.17, 15) is 4.79 Å². The Hall–Kier alpha value is -3.94. The topological polar surface area (TPSA) is 93.2 Å². The fourth-order valence-electron chi connectivity index (χ4n) is 4.38. The number of anilines is 1. The van der Waals surface area contributed by atoms with Crippen LogP contribution in [0.1, 0.15) is 41.9 Å². The van der Waals surface area contributed by atoms with E-state index in [1.807, 2.05) is 48.5 Å². The minimum atomic E-state index is -0.404. The second kappa shape index (κ2) is 9.51. The first-order chi connectivity index (χ1) is 16.7. The van der Waals surface area contributed by atoms with Gasteiger partial charge < -0.3 is 19.4 Å². The first-order valence-corrected chi connectivity index (χ1v) is 11.5. The highest BCUT2D eigenvalue weighted by Crippen LogP contribution is 2.32. The molecule has 1 aliphatic rings. The number of carbonyl (C=O) groups is 1. The number of rotatable bonds is 6. The van der Waals surface area contributed by atoms with Gasteiger partial charge in [-0.3, -0.25) is 0 Å². The summed E-state index contributed by atoms with van der Waals surface area (Å²) >= 11 is 0. The third-order valence-electron chi connectivity index (χ3n) is 6.20. The van der Waals surface area contributed by atoms with Crippen molar-refractivity contribution in [2.45, 2.75) is 25.7 Å². The number of nitrogens with zero attached hydrogens (tertiary/aromatic N) is 4.